The van der Waals surface area contributed by atoms with Crippen LogP contribution in [-0.2, 0) is 0 Å². The molecule has 8 heteroatoms. The molecule has 0 radical (unpaired) electrons. The first-order valence-corrected chi connectivity index (χ1v) is 11.5. The van der Waals surface area contributed by atoms with Crippen LogP contribution >= 0.6 is 11.3 Å². The van der Waals surface area contributed by atoms with E-state index in [1.807, 2.05) is 43.3 Å². The summed E-state index contributed by atoms with van der Waals surface area (Å²) in [5.41, 5.74) is 3.37. The highest BCUT2D eigenvalue weighted by molar-refractivity contribution is 7.22. The maximum absolute atomic E-state index is 13.0. The van der Waals surface area contributed by atoms with E-state index >= 15 is 0 Å². The number of carbonyl (C=O) groups is 2. The molecule has 0 aliphatic carbocycles. The monoisotopic (exact) mass is 435 g/mol. The molecule has 0 spiro atoms. The van der Waals surface area contributed by atoms with Gasteiger partial charge in [0.1, 0.15) is 0 Å². The molecule has 3 heterocycles. The van der Waals surface area contributed by atoms with Crippen molar-refractivity contribution in [2.75, 3.05) is 36.0 Å². The number of rotatable bonds is 4. The number of carbonyl (C=O) groups excluding carboxylic acids is 2. The summed E-state index contributed by atoms with van der Waals surface area (Å²) in [7, 11) is 0. The fourth-order valence-electron chi connectivity index (χ4n) is 4.28. The van der Waals surface area contributed by atoms with Gasteiger partial charge in [-0.15, -0.1) is 0 Å². The van der Waals surface area contributed by atoms with Crippen molar-refractivity contribution in [3.05, 3.63) is 53.6 Å². The number of urea groups is 1. The van der Waals surface area contributed by atoms with Gasteiger partial charge in [0.25, 0.3) is 5.91 Å². The molecule has 2 saturated heterocycles. The van der Waals surface area contributed by atoms with Gasteiger partial charge in [-0.05, 0) is 49.6 Å². The molecule has 3 aromatic rings. The molecular weight excluding hydrogens is 410 g/mol. The van der Waals surface area contributed by atoms with E-state index in [-0.39, 0.29) is 18.0 Å². The average molecular weight is 436 g/mol. The van der Waals surface area contributed by atoms with E-state index in [1.54, 1.807) is 16.2 Å². The zero-order chi connectivity index (χ0) is 21.4. The van der Waals surface area contributed by atoms with Crippen molar-refractivity contribution in [1.29, 1.82) is 0 Å². The molecule has 0 saturated carbocycles. The lowest BCUT2D eigenvalue weighted by Crippen LogP contribution is -2.47. The molecule has 1 aromatic heterocycles. The number of anilines is 2. The van der Waals surface area contributed by atoms with Crippen LogP contribution in [0.3, 0.4) is 0 Å². The summed E-state index contributed by atoms with van der Waals surface area (Å²) < 4.78 is 1.18. The van der Waals surface area contributed by atoms with E-state index in [4.69, 9.17) is 4.98 Å². The Morgan fingerprint density at radius 3 is 2.90 bits per heavy atom. The second kappa shape index (κ2) is 8.19. The Labute approximate surface area is 185 Å². The van der Waals surface area contributed by atoms with Crippen LogP contribution in [0.1, 0.15) is 28.8 Å². The molecule has 31 heavy (non-hydrogen) atoms. The van der Waals surface area contributed by atoms with Crippen molar-refractivity contribution < 1.29 is 9.59 Å². The van der Waals surface area contributed by atoms with Crippen molar-refractivity contribution in [3.8, 4) is 0 Å². The van der Waals surface area contributed by atoms with E-state index < -0.39 is 0 Å². The third-order valence-electron chi connectivity index (χ3n) is 5.93. The number of thiazole rings is 1. The third kappa shape index (κ3) is 3.95. The van der Waals surface area contributed by atoms with Crippen LogP contribution in [0.5, 0.6) is 0 Å². The molecule has 0 bridgehead atoms. The molecule has 7 nitrogen and oxygen atoms in total. The van der Waals surface area contributed by atoms with Crippen LogP contribution in [-0.4, -0.2) is 49.1 Å². The Balaban J connectivity index is 1.29. The molecule has 2 N–H and O–H groups in total. The number of nitrogens with one attached hydrogen (secondary N) is 2. The third-order valence-corrected chi connectivity index (χ3v) is 7.03. The number of nitrogens with zero attached hydrogens (tertiary/aromatic N) is 3. The number of aryl methyl sites for hydroxylation is 1. The molecule has 160 valence electrons. The van der Waals surface area contributed by atoms with E-state index in [9.17, 15) is 9.59 Å². The van der Waals surface area contributed by atoms with E-state index in [0.29, 0.717) is 18.7 Å². The van der Waals surface area contributed by atoms with Crippen LogP contribution in [0.25, 0.3) is 10.2 Å². The molecular formula is C23H25N5O2S. The van der Waals surface area contributed by atoms with Gasteiger partial charge in [-0.3, -0.25) is 9.69 Å². The van der Waals surface area contributed by atoms with Gasteiger partial charge in [0.05, 0.1) is 10.2 Å². The summed E-state index contributed by atoms with van der Waals surface area (Å²) >= 11 is 1.70. The zero-order valence-electron chi connectivity index (χ0n) is 17.4. The first-order chi connectivity index (χ1) is 15.1. The molecule has 2 aliphatic rings. The minimum atomic E-state index is -0.112. The lowest BCUT2D eigenvalue weighted by Gasteiger charge is -2.33. The van der Waals surface area contributed by atoms with Gasteiger partial charge in [-0.2, -0.15) is 0 Å². The predicted octanol–water partition coefficient (Wildman–Crippen LogP) is 3.53. The van der Waals surface area contributed by atoms with Gasteiger partial charge < -0.3 is 15.5 Å². The first kappa shape index (κ1) is 19.8. The number of aromatic nitrogens is 1. The number of benzene rings is 2. The minimum Gasteiger partial charge on any atom is -0.348 e. The zero-order valence-corrected chi connectivity index (χ0v) is 18.2. The molecule has 1 atom stereocenters. The molecule has 3 amide bonds. The summed E-state index contributed by atoms with van der Waals surface area (Å²) in [6.07, 6.45) is 1.95. The maximum Gasteiger partial charge on any atom is 0.322 e. The Hall–Kier alpha value is -3.13. The van der Waals surface area contributed by atoms with Gasteiger partial charge in [0.15, 0.2) is 5.13 Å². The van der Waals surface area contributed by atoms with Crippen LogP contribution < -0.4 is 20.4 Å². The summed E-state index contributed by atoms with van der Waals surface area (Å²) in [5, 5.41) is 7.02. The number of hydrogen-bond acceptors (Lipinski definition) is 5. The average Bonchev–Trinajstić information content (AvgIpc) is 3.40. The van der Waals surface area contributed by atoms with Crippen LogP contribution in [0.15, 0.2) is 42.5 Å². The Morgan fingerprint density at radius 1 is 1.23 bits per heavy atom. The minimum absolute atomic E-state index is 0.0631. The Bertz CT molecular complexity index is 1110. The fraction of sp³-hybridized carbons (Fsp3) is 0.348. The van der Waals surface area contributed by atoms with Crippen molar-refractivity contribution in [2.45, 2.75) is 25.8 Å². The predicted molar refractivity (Wildman–Crippen MR) is 124 cm³/mol. The summed E-state index contributed by atoms with van der Waals surface area (Å²) in [5.74, 6) is -0.1000. The quantitative estimate of drug-likeness (QED) is 0.657. The molecule has 2 fully saturated rings. The fourth-order valence-corrected chi connectivity index (χ4v) is 5.28. The van der Waals surface area contributed by atoms with Gasteiger partial charge in [0.2, 0.25) is 0 Å². The Kier molecular flexibility index (Phi) is 5.23. The van der Waals surface area contributed by atoms with E-state index in [2.05, 4.69) is 21.6 Å². The van der Waals surface area contributed by atoms with Gasteiger partial charge in [0, 0.05) is 43.5 Å². The standard InChI is InChI=1S/C23H25N5O2S/c1-15-8-9-16(13-19(15)28-12-10-24-22(28)30)21(29)25-17-5-4-11-27(14-17)23-26-18-6-2-3-7-20(18)31-23/h2-3,6-9,13,17H,4-5,10-12,14H2,1H3,(H,24,30)(H,25,29)/t17-/m1/s1. The second-order valence-electron chi connectivity index (χ2n) is 8.11. The lowest BCUT2D eigenvalue weighted by molar-refractivity contribution is 0.0933. The first-order valence-electron chi connectivity index (χ1n) is 10.7. The van der Waals surface area contributed by atoms with E-state index in [0.717, 1.165) is 47.8 Å². The molecule has 0 unspecified atom stereocenters. The van der Waals surface area contributed by atoms with Crippen LogP contribution in [0.2, 0.25) is 0 Å². The highest BCUT2D eigenvalue weighted by Gasteiger charge is 2.26. The number of amides is 3. The topological polar surface area (TPSA) is 77.6 Å². The summed E-state index contributed by atoms with van der Waals surface area (Å²) in [6.45, 7) is 4.90. The van der Waals surface area contributed by atoms with Crippen molar-refractivity contribution >= 4 is 44.3 Å². The van der Waals surface area contributed by atoms with Gasteiger partial charge >= 0.3 is 6.03 Å². The highest BCUT2D eigenvalue weighted by atomic mass is 32.1. The molecule has 2 aliphatic heterocycles. The van der Waals surface area contributed by atoms with E-state index in [1.165, 1.54) is 4.70 Å². The molecule has 2 aromatic carbocycles. The van der Waals surface area contributed by atoms with Gasteiger partial charge in [-0.25, -0.2) is 9.78 Å². The number of hydrogen-bond donors (Lipinski definition) is 2. The van der Waals surface area contributed by atoms with Crippen molar-refractivity contribution in [2.24, 2.45) is 0 Å². The SMILES string of the molecule is Cc1ccc(C(=O)N[C@@H]2CCCN(c3nc4ccccc4s3)C2)cc1N1CCNC1=O. The number of para-hydroxylation sites is 1. The lowest BCUT2D eigenvalue weighted by atomic mass is 10.0. The van der Waals surface area contributed by atoms with Crippen LogP contribution in [0, 0.1) is 6.92 Å². The largest absolute Gasteiger partial charge is 0.348 e. The van der Waals surface area contributed by atoms with Crippen LogP contribution in [0.4, 0.5) is 15.6 Å². The normalized spacial score (nSPS) is 19.0. The Morgan fingerprint density at radius 2 is 2.10 bits per heavy atom. The van der Waals surface area contributed by atoms with Crippen molar-refractivity contribution in [3.63, 3.8) is 0 Å². The van der Waals surface area contributed by atoms with Gasteiger partial charge in [-0.1, -0.05) is 29.5 Å². The highest BCUT2D eigenvalue weighted by Crippen LogP contribution is 2.30. The number of fused-ring (bicyclic) bond motifs is 1. The molecule has 5 rings (SSSR count). The summed E-state index contributed by atoms with van der Waals surface area (Å²) in [6, 6.07) is 13.7. The van der Waals surface area contributed by atoms with Crippen molar-refractivity contribution in [1.82, 2.24) is 15.6 Å². The smallest absolute Gasteiger partial charge is 0.322 e. The second-order valence-corrected chi connectivity index (χ2v) is 9.12. The maximum atomic E-state index is 13.0. The number of piperidine rings is 1. The summed E-state index contributed by atoms with van der Waals surface area (Å²) in [4.78, 5) is 33.8.